The quantitative estimate of drug-likeness (QED) is 0.688. The molecule has 2 aromatic carbocycles. The van der Waals surface area contributed by atoms with E-state index in [2.05, 4.69) is 15.1 Å². The first kappa shape index (κ1) is 25.7. The number of phenolic OH excluding ortho intramolecular Hbond substituents is 1. The number of carbonyl (C=O) groups is 1. The third kappa shape index (κ3) is 6.58. The summed E-state index contributed by atoms with van der Waals surface area (Å²) in [4.78, 5) is 16.1. The molecule has 1 amide bonds. The van der Waals surface area contributed by atoms with Gasteiger partial charge in [-0.3, -0.25) is 4.90 Å². The van der Waals surface area contributed by atoms with E-state index in [-0.39, 0.29) is 24.8 Å². The third-order valence-electron chi connectivity index (χ3n) is 4.72. The number of carbonyl (C=O) groups excluding carboxylic acids is 1. The number of halogens is 2. The maximum atomic E-state index is 11.5. The van der Waals surface area contributed by atoms with Crippen molar-refractivity contribution in [1.29, 1.82) is 0 Å². The van der Waals surface area contributed by atoms with Gasteiger partial charge in [0, 0.05) is 39.8 Å². The number of ether oxygens (including phenoxy) is 2. The Morgan fingerprint density at radius 3 is 2.40 bits per heavy atom. The van der Waals surface area contributed by atoms with Gasteiger partial charge >= 0.3 is 6.09 Å². The first-order valence-corrected chi connectivity index (χ1v) is 9.51. The van der Waals surface area contributed by atoms with Gasteiger partial charge in [-0.15, -0.1) is 24.8 Å². The number of amides is 1. The van der Waals surface area contributed by atoms with Gasteiger partial charge in [-0.05, 0) is 36.8 Å². The fraction of sp³-hybridized carbons (Fsp3) is 0.381. The monoisotopic (exact) mass is 457 g/mol. The van der Waals surface area contributed by atoms with Gasteiger partial charge in [0.05, 0.1) is 12.3 Å². The molecule has 3 rings (SSSR count). The van der Waals surface area contributed by atoms with Crippen LogP contribution in [0.1, 0.15) is 12.5 Å². The second-order valence-electron chi connectivity index (χ2n) is 6.61. The predicted octanol–water partition coefficient (Wildman–Crippen LogP) is 3.67. The summed E-state index contributed by atoms with van der Waals surface area (Å²) in [7, 11) is 1.52. The van der Waals surface area contributed by atoms with Crippen molar-refractivity contribution in [3.05, 3.63) is 48.0 Å². The zero-order valence-corrected chi connectivity index (χ0v) is 18.8. The van der Waals surface area contributed by atoms with Crippen LogP contribution in [0.4, 0.5) is 10.5 Å². The average molecular weight is 458 g/mol. The lowest BCUT2D eigenvalue weighted by Gasteiger charge is -2.36. The molecule has 0 saturated carbocycles. The van der Waals surface area contributed by atoms with Gasteiger partial charge in [0.25, 0.3) is 0 Å². The number of para-hydroxylation sites is 2. The molecule has 1 saturated heterocycles. The van der Waals surface area contributed by atoms with E-state index < -0.39 is 6.09 Å². The van der Waals surface area contributed by atoms with Gasteiger partial charge in [0.2, 0.25) is 0 Å². The van der Waals surface area contributed by atoms with Crippen LogP contribution in [0.2, 0.25) is 0 Å². The molecule has 2 aromatic rings. The molecule has 166 valence electrons. The largest absolute Gasteiger partial charge is 0.506 e. The Morgan fingerprint density at radius 1 is 1.07 bits per heavy atom. The van der Waals surface area contributed by atoms with E-state index in [1.807, 2.05) is 37.3 Å². The second kappa shape index (κ2) is 12.4. The van der Waals surface area contributed by atoms with Crippen LogP contribution in [0, 0.1) is 0 Å². The Balaban J connectivity index is 0.00000225. The average Bonchev–Trinajstić information content (AvgIpc) is 2.71. The highest BCUT2D eigenvalue weighted by molar-refractivity contribution is 5.85. The summed E-state index contributed by atoms with van der Waals surface area (Å²) in [6.45, 7) is 6.68. The van der Waals surface area contributed by atoms with Gasteiger partial charge in [-0.2, -0.15) is 0 Å². The summed E-state index contributed by atoms with van der Waals surface area (Å²) >= 11 is 0. The number of anilines is 1. The van der Waals surface area contributed by atoms with Crippen LogP contribution < -0.4 is 19.7 Å². The Hall–Kier alpha value is -2.35. The van der Waals surface area contributed by atoms with Crippen molar-refractivity contribution in [3.8, 4) is 17.2 Å². The molecular weight excluding hydrogens is 429 g/mol. The number of rotatable bonds is 6. The number of piperazine rings is 1. The van der Waals surface area contributed by atoms with E-state index in [9.17, 15) is 9.90 Å². The molecule has 1 aliphatic rings. The smallest absolute Gasteiger partial charge is 0.412 e. The minimum atomic E-state index is -0.519. The molecule has 0 bridgehead atoms. The molecule has 1 aliphatic heterocycles. The minimum Gasteiger partial charge on any atom is -0.506 e. The predicted molar refractivity (Wildman–Crippen MR) is 123 cm³/mol. The third-order valence-corrected chi connectivity index (χ3v) is 4.72. The fourth-order valence-electron chi connectivity index (χ4n) is 3.29. The van der Waals surface area contributed by atoms with E-state index in [4.69, 9.17) is 9.47 Å². The molecule has 2 N–H and O–H groups in total. The zero-order chi connectivity index (χ0) is 19.9. The standard InChI is InChI=1S/C21H27N3O4.2ClH/c1-3-27-20-14-16(8-9-19(20)28-21(26)22-2)15-23-10-12-24(13-11-23)17-6-4-5-7-18(17)25;;/h4-9,14,25H,3,10-13,15H2,1-2H3,(H,22,26);2*1H. The van der Waals surface area contributed by atoms with Crippen molar-refractivity contribution < 1.29 is 19.4 Å². The first-order chi connectivity index (χ1) is 13.6. The summed E-state index contributed by atoms with van der Waals surface area (Å²) in [5.74, 6) is 1.30. The van der Waals surface area contributed by atoms with Crippen molar-refractivity contribution in [3.63, 3.8) is 0 Å². The lowest BCUT2D eigenvalue weighted by Crippen LogP contribution is -2.46. The molecule has 0 unspecified atom stereocenters. The van der Waals surface area contributed by atoms with E-state index in [0.717, 1.165) is 44.0 Å². The van der Waals surface area contributed by atoms with Crippen LogP contribution in [-0.4, -0.2) is 55.9 Å². The van der Waals surface area contributed by atoms with Crippen LogP contribution in [0.5, 0.6) is 17.2 Å². The Kier molecular flexibility index (Phi) is 10.6. The fourth-order valence-corrected chi connectivity index (χ4v) is 3.29. The summed E-state index contributed by atoms with van der Waals surface area (Å²) in [5, 5.41) is 12.5. The number of phenols is 1. The molecule has 0 atom stereocenters. The van der Waals surface area contributed by atoms with E-state index >= 15 is 0 Å². The van der Waals surface area contributed by atoms with E-state index in [1.54, 1.807) is 12.1 Å². The molecule has 1 fully saturated rings. The molecule has 0 aromatic heterocycles. The van der Waals surface area contributed by atoms with Crippen LogP contribution in [0.3, 0.4) is 0 Å². The number of aromatic hydroxyl groups is 1. The maximum Gasteiger partial charge on any atom is 0.412 e. The summed E-state index contributed by atoms with van der Waals surface area (Å²) < 4.78 is 10.9. The SMILES string of the molecule is CCOc1cc(CN2CCN(c3ccccc3O)CC2)ccc1OC(=O)NC.Cl.Cl. The molecule has 0 radical (unpaired) electrons. The Morgan fingerprint density at radius 2 is 1.77 bits per heavy atom. The Bertz CT molecular complexity index is 815. The molecule has 0 spiro atoms. The second-order valence-corrected chi connectivity index (χ2v) is 6.61. The lowest BCUT2D eigenvalue weighted by molar-refractivity contribution is 0.199. The maximum absolute atomic E-state index is 11.5. The van der Waals surface area contributed by atoms with Gasteiger partial charge in [0.15, 0.2) is 11.5 Å². The van der Waals surface area contributed by atoms with Gasteiger partial charge < -0.3 is 24.8 Å². The number of nitrogens with zero attached hydrogens (tertiary/aromatic N) is 2. The Labute approximate surface area is 189 Å². The van der Waals surface area contributed by atoms with Crippen LogP contribution in [0.25, 0.3) is 0 Å². The molecule has 30 heavy (non-hydrogen) atoms. The van der Waals surface area contributed by atoms with Crippen LogP contribution in [0.15, 0.2) is 42.5 Å². The zero-order valence-electron chi connectivity index (χ0n) is 17.2. The minimum absolute atomic E-state index is 0. The summed E-state index contributed by atoms with van der Waals surface area (Å²) in [5.41, 5.74) is 1.99. The van der Waals surface area contributed by atoms with Crippen molar-refractivity contribution in [1.82, 2.24) is 10.2 Å². The van der Waals surface area contributed by atoms with Crippen LogP contribution in [-0.2, 0) is 6.54 Å². The molecular formula is C21H29Cl2N3O4. The summed E-state index contributed by atoms with van der Waals surface area (Å²) in [6, 6.07) is 13.1. The number of nitrogens with one attached hydrogen (secondary N) is 1. The highest BCUT2D eigenvalue weighted by Gasteiger charge is 2.20. The van der Waals surface area contributed by atoms with E-state index in [1.165, 1.54) is 7.05 Å². The molecule has 9 heteroatoms. The van der Waals surface area contributed by atoms with Crippen molar-refractivity contribution >= 4 is 36.6 Å². The highest BCUT2D eigenvalue weighted by Crippen LogP contribution is 2.30. The molecule has 7 nitrogen and oxygen atoms in total. The molecule has 1 heterocycles. The van der Waals surface area contributed by atoms with Crippen molar-refractivity contribution in [2.75, 3.05) is 44.7 Å². The molecule has 0 aliphatic carbocycles. The first-order valence-electron chi connectivity index (χ1n) is 9.51. The number of hydrogen-bond acceptors (Lipinski definition) is 6. The van der Waals surface area contributed by atoms with Gasteiger partial charge in [-0.25, -0.2) is 4.79 Å². The van der Waals surface area contributed by atoms with E-state index in [0.29, 0.717) is 23.9 Å². The van der Waals surface area contributed by atoms with Gasteiger partial charge in [-0.1, -0.05) is 18.2 Å². The topological polar surface area (TPSA) is 74.3 Å². The van der Waals surface area contributed by atoms with Crippen molar-refractivity contribution in [2.24, 2.45) is 0 Å². The van der Waals surface area contributed by atoms with Crippen LogP contribution >= 0.6 is 24.8 Å². The number of hydrogen-bond donors (Lipinski definition) is 2. The van der Waals surface area contributed by atoms with Crippen molar-refractivity contribution in [2.45, 2.75) is 13.5 Å². The lowest BCUT2D eigenvalue weighted by atomic mass is 10.1. The normalized spacial score (nSPS) is 13.6. The summed E-state index contributed by atoms with van der Waals surface area (Å²) in [6.07, 6.45) is -0.519. The number of benzene rings is 2. The van der Waals surface area contributed by atoms with Gasteiger partial charge in [0.1, 0.15) is 5.75 Å². The highest BCUT2D eigenvalue weighted by atomic mass is 35.5.